The molecule has 194 valence electrons. The normalized spacial score (nSPS) is 11.6. The van der Waals surface area contributed by atoms with Gasteiger partial charge < -0.3 is 14.9 Å². The zero-order chi connectivity index (χ0) is 27.4. The van der Waals surface area contributed by atoms with Gasteiger partial charge in [0.25, 0.3) is 11.8 Å². The lowest BCUT2D eigenvalue weighted by Gasteiger charge is -2.37. The second-order valence-corrected chi connectivity index (χ2v) is 11.2. The fourth-order valence-corrected chi connectivity index (χ4v) is 4.09. The van der Waals surface area contributed by atoms with Crippen molar-refractivity contribution in [3.8, 4) is 0 Å². The van der Waals surface area contributed by atoms with Gasteiger partial charge >= 0.3 is 5.97 Å². The zero-order valence-corrected chi connectivity index (χ0v) is 22.5. The number of carboxylic acids is 1. The summed E-state index contributed by atoms with van der Waals surface area (Å²) in [6, 6.07) is 23.2. The summed E-state index contributed by atoms with van der Waals surface area (Å²) >= 11 is 0. The number of nitrogens with zero attached hydrogens (tertiary/aromatic N) is 2. The quantitative estimate of drug-likeness (QED) is 0.415. The van der Waals surface area contributed by atoms with Crippen LogP contribution >= 0.6 is 0 Å². The minimum Gasteiger partial charge on any atom is -0.478 e. The first kappa shape index (κ1) is 27.7. The molecule has 0 fully saturated rings. The number of hydrogen-bond donors (Lipinski definition) is 1. The second-order valence-electron chi connectivity index (χ2n) is 11.2. The Morgan fingerprint density at radius 3 is 1.46 bits per heavy atom. The third-order valence-electron chi connectivity index (χ3n) is 6.16. The number of aromatic carboxylic acids is 1. The lowest BCUT2D eigenvalue weighted by molar-refractivity contribution is 0.0557. The van der Waals surface area contributed by atoms with Gasteiger partial charge in [0, 0.05) is 35.3 Å². The molecule has 0 heterocycles. The molecule has 6 heteroatoms. The number of benzene rings is 3. The molecule has 3 rings (SSSR count). The van der Waals surface area contributed by atoms with Gasteiger partial charge in [-0.05, 0) is 89.1 Å². The van der Waals surface area contributed by atoms with Crippen molar-refractivity contribution in [2.24, 2.45) is 0 Å². The molecule has 0 unspecified atom stereocenters. The van der Waals surface area contributed by atoms with Crippen LogP contribution in [0.5, 0.6) is 0 Å². The monoisotopic (exact) mass is 500 g/mol. The molecule has 3 aromatic carbocycles. The molecule has 2 amide bonds. The Balaban J connectivity index is 1.90. The van der Waals surface area contributed by atoms with Gasteiger partial charge in [0.05, 0.1) is 5.56 Å². The number of rotatable bonds is 7. The third kappa shape index (κ3) is 7.06. The first-order chi connectivity index (χ1) is 17.3. The molecule has 0 aliphatic carbocycles. The number of hydrogen-bond acceptors (Lipinski definition) is 3. The molecule has 6 nitrogen and oxygen atoms in total. The molecule has 3 aromatic rings. The minimum atomic E-state index is -1.00. The van der Waals surface area contributed by atoms with E-state index in [4.69, 9.17) is 0 Å². The maximum Gasteiger partial charge on any atom is 0.335 e. The molecule has 0 radical (unpaired) electrons. The van der Waals surface area contributed by atoms with Crippen LogP contribution in [-0.4, -0.2) is 43.8 Å². The van der Waals surface area contributed by atoms with Crippen LogP contribution in [-0.2, 0) is 13.1 Å². The Kier molecular flexibility index (Phi) is 8.22. The standard InChI is InChI=1S/C31H36N2O4/c1-30(2,3)32(27(34)24-14-8-7-9-15-24)20-22-12-10-16-25(18-22)28(35)33(31(4,5)6)21-23-13-11-17-26(19-23)29(36)37/h7-19H,20-21H2,1-6H3,(H,36,37). The van der Waals surface area contributed by atoms with Gasteiger partial charge in [-0.25, -0.2) is 4.79 Å². The van der Waals surface area contributed by atoms with Crippen molar-refractivity contribution >= 4 is 17.8 Å². The van der Waals surface area contributed by atoms with E-state index in [9.17, 15) is 19.5 Å². The zero-order valence-electron chi connectivity index (χ0n) is 22.5. The van der Waals surface area contributed by atoms with Crippen LogP contribution in [0.3, 0.4) is 0 Å². The van der Waals surface area contributed by atoms with Crippen LogP contribution in [0.4, 0.5) is 0 Å². The highest BCUT2D eigenvalue weighted by Gasteiger charge is 2.30. The van der Waals surface area contributed by atoms with Crippen LogP contribution in [0, 0.1) is 0 Å². The van der Waals surface area contributed by atoms with Crippen LogP contribution in [0.2, 0.25) is 0 Å². The van der Waals surface area contributed by atoms with Gasteiger partial charge in [-0.15, -0.1) is 0 Å². The van der Waals surface area contributed by atoms with Gasteiger partial charge in [-0.2, -0.15) is 0 Å². The molecule has 0 spiro atoms. The Morgan fingerprint density at radius 1 is 0.595 bits per heavy atom. The summed E-state index contributed by atoms with van der Waals surface area (Å²) in [6.45, 7) is 12.5. The lowest BCUT2D eigenvalue weighted by atomic mass is 9.99. The first-order valence-electron chi connectivity index (χ1n) is 12.4. The third-order valence-corrected chi connectivity index (χ3v) is 6.16. The molecule has 0 aliphatic rings. The highest BCUT2D eigenvalue weighted by molar-refractivity contribution is 5.96. The molecular formula is C31H36N2O4. The SMILES string of the molecule is CC(C)(C)N(Cc1cccc(C(=O)N(Cc2cccc(C(=O)O)c2)C(C)(C)C)c1)C(=O)c1ccccc1. The van der Waals surface area contributed by atoms with E-state index in [1.54, 1.807) is 23.1 Å². The van der Waals surface area contributed by atoms with E-state index in [0.717, 1.165) is 11.1 Å². The van der Waals surface area contributed by atoms with Crippen molar-refractivity contribution in [1.29, 1.82) is 0 Å². The van der Waals surface area contributed by atoms with Crippen molar-refractivity contribution < 1.29 is 19.5 Å². The van der Waals surface area contributed by atoms with E-state index >= 15 is 0 Å². The van der Waals surface area contributed by atoms with Crippen LogP contribution in [0.25, 0.3) is 0 Å². The van der Waals surface area contributed by atoms with E-state index in [2.05, 4.69) is 0 Å². The summed E-state index contributed by atoms with van der Waals surface area (Å²) in [5, 5.41) is 9.35. The summed E-state index contributed by atoms with van der Waals surface area (Å²) in [4.78, 5) is 42.0. The molecule has 37 heavy (non-hydrogen) atoms. The Morgan fingerprint density at radius 2 is 1.00 bits per heavy atom. The molecular weight excluding hydrogens is 464 g/mol. The van der Waals surface area contributed by atoms with E-state index in [1.807, 2.05) is 101 Å². The summed E-state index contributed by atoms with van der Waals surface area (Å²) in [5.74, 6) is -1.23. The van der Waals surface area contributed by atoms with Crippen molar-refractivity contribution in [2.75, 3.05) is 0 Å². The van der Waals surface area contributed by atoms with Gasteiger partial charge in [0.2, 0.25) is 0 Å². The van der Waals surface area contributed by atoms with E-state index in [-0.39, 0.29) is 23.9 Å². The van der Waals surface area contributed by atoms with Crippen molar-refractivity contribution in [3.63, 3.8) is 0 Å². The predicted molar refractivity (Wildman–Crippen MR) is 146 cm³/mol. The predicted octanol–water partition coefficient (Wildman–Crippen LogP) is 6.27. The first-order valence-corrected chi connectivity index (χ1v) is 12.4. The number of carbonyl (C=O) groups is 3. The smallest absolute Gasteiger partial charge is 0.335 e. The number of amides is 2. The Bertz CT molecular complexity index is 1270. The summed E-state index contributed by atoms with van der Waals surface area (Å²) in [5.41, 5.74) is 1.98. The molecule has 0 aliphatic heterocycles. The van der Waals surface area contributed by atoms with Gasteiger partial charge in [-0.3, -0.25) is 9.59 Å². The fraction of sp³-hybridized carbons (Fsp3) is 0.323. The summed E-state index contributed by atoms with van der Waals surface area (Å²) in [6.07, 6.45) is 0. The largest absolute Gasteiger partial charge is 0.478 e. The Hall–Kier alpha value is -3.93. The maximum atomic E-state index is 13.7. The molecule has 0 saturated heterocycles. The number of carbonyl (C=O) groups excluding carboxylic acids is 2. The van der Waals surface area contributed by atoms with Crippen molar-refractivity contribution in [2.45, 2.75) is 65.7 Å². The average molecular weight is 501 g/mol. The number of carboxylic acid groups (broad SMARTS) is 1. The van der Waals surface area contributed by atoms with Crippen LogP contribution < -0.4 is 0 Å². The summed E-state index contributed by atoms with van der Waals surface area (Å²) in [7, 11) is 0. The van der Waals surface area contributed by atoms with E-state index in [0.29, 0.717) is 17.7 Å². The van der Waals surface area contributed by atoms with Gasteiger partial charge in [0.15, 0.2) is 0 Å². The van der Waals surface area contributed by atoms with Gasteiger partial charge in [-0.1, -0.05) is 42.5 Å². The second kappa shape index (κ2) is 11.0. The molecule has 0 bridgehead atoms. The molecule has 1 N–H and O–H groups in total. The van der Waals surface area contributed by atoms with E-state index in [1.165, 1.54) is 6.07 Å². The van der Waals surface area contributed by atoms with Crippen molar-refractivity contribution in [1.82, 2.24) is 9.80 Å². The highest BCUT2D eigenvalue weighted by Crippen LogP contribution is 2.24. The fourth-order valence-electron chi connectivity index (χ4n) is 4.09. The summed E-state index contributed by atoms with van der Waals surface area (Å²) < 4.78 is 0. The topological polar surface area (TPSA) is 77.9 Å². The highest BCUT2D eigenvalue weighted by atomic mass is 16.4. The molecule has 0 aromatic heterocycles. The average Bonchev–Trinajstić information content (AvgIpc) is 2.84. The van der Waals surface area contributed by atoms with E-state index < -0.39 is 17.0 Å². The van der Waals surface area contributed by atoms with Crippen molar-refractivity contribution in [3.05, 3.63) is 107 Å². The van der Waals surface area contributed by atoms with Crippen LogP contribution in [0.1, 0.15) is 83.7 Å². The molecule has 0 saturated carbocycles. The van der Waals surface area contributed by atoms with Gasteiger partial charge in [0.1, 0.15) is 0 Å². The lowest BCUT2D eigenvalue weighted by Crippen LogP contribution is -2.45. The molecule has 0 atom stereocenters. The maximum absolute atomic E-state index is 13.7. The Labute approximate surface area is 219 Å². The minimum absolute atomic E-state index is 0.0699. The van der Waals surface area contributed by atoms with Crippen LogP contribution in [0.15, 0.2) is 78.9 Å².